The molecular formula is C13H16N2S. The lowest BCUT2D eigenvalue weighted by Crippen LogP contribution is -1.95. The van der Waals surface area contributed by atoms with Crippen molar-refractivity contribution in [1.82, 2.24) is 4.98 Å². The molecule has 84 valence electrons. The van der Waals surface area contributed by atoms with Gasteiger partial charge in [0, 0.05) is 11.1 Å². The number of hydrogen-bond donors (Lipinski definition) is 1. The molecule has 0 fully saturated rings. The van der Waals surface area contributed by atoms with E-state index in [0.29, 0.717) is 5.92 Å². The van der Waals surface area contributed by atoms with Crippen molar-refractivity contribution in [1.29, 1.82) is 0 Å². The molecule has 0 radical (unpaired) electrons. The Morgan fingerprint density at radius 1 is 1.25 bits per heavy atom. The molecule has 16 heavy (non-hydrogen) atoms. The van der Waals surface area contributed by atoms with Crippen molar-refractivity contribution in [3.05, 3.63) is 41.4 Å². The summed E-state index contributed by atoms with van der Waals surface area (Å²) < 4.78 is 0. The van der Waals surface area contributed by atoms with E-state index in [-0.39, 0.29) is 0 Å². The van der Waals surface area contributed by atoms with Crippen LogP contribution in [0.3, 0.4) is 0 Å². The average molecular weight is 232 g/mol. The number of thiazole rings is 1. The van der Waals surface area contributed by atoms with Gasteiger partial charge in [0.2, 0.25) is 0 Å². The van der Waals surface area contributed by atoms with Crippen LogP contribution in [0.15, 0.2) is 35.7 Å². The highest BCUT2D eigenvalue weighted by molar-refractivity contribution is 7.13. The quantitative estimate of drug-likeness (QED) is 0.859. The summed E-state index contributed by atoms with van der Waals surface area (Å²) in [7, 11) is 0. The smallest absolute Gasteiger partial charge is 0.187 e. The second kappa shape index (κ2) is 5.12. The second-order valence-corrected chi connectivity index (χ2v) is 5.09. The molecule has 2 nitrogen and oxygen atoms in total. The summed E-state index contributed by atoms with van der Waals surface area (Å²) in [4.78, 5) is 4.55. The van der Waals surface area contributed by atoms with Gasteiger partial charge in [-0.25, -0.2) is 4.98 Å². The van der Waals surface area contributed by atoms with Crippen molar-refractivity contribution in [2.75, 3.05) is 5.32 Å². The molecule has 0 saturated heterocycles. The van der Waals surface area contributed by atoms with Gasteiger partial charge < -0.3 is 5.32 Å². The fraction of sp³-hybridized carbons (Fsp3) is 0.308. The maximum absolute atomic E-state index is 4.55. The van der Waals surface area contributed by atoms with Crippen LogP contribution in [-0.4, -0.2) is 4.98 Å². The normalized spacial score (nSPS) is 10.7. The highest BCUT2D eigenvalue weighted by atomic mass is 32.1. The summed E-state index contributed by atoms with van der Waals surface area (Å²) >= 11 is 1.66. The highest BCUT2D eigenvalue weighted by Crippen LogP contribution is 2.21. The number of anilines is 2. The maximum atomic E-state index is 4.55. The first-order valence-corrected chi connectivity index (χ1v) is 6.38. The predicted octanol–water partition coefficient (Wildman–Crippen LogP) is 4.09. The van der Waals surface area contributed by atoms with Crippen molar-refractivity contribution >= 4 is 22.2 Å². The molecule has 0 atom stereocenters. The van der Waals surface area contributed by atoms with Crippen molar-refractivity contribution in [3.63, 3.8) is 0 Å². The molecule has 0 aliphatic rings. The largest absolute Gasteiger partial charge is 0.332 e. The molecule has 0 unspecified atom stereocenters. The van der Waals surface area contributed by atoms with Crippen LogP contribution in [-0.2, 0) is 6.42 Å². The number of benzene rings is 1. The molecule has 0 bridgehead atoms. The summed E-state index contributed by atoms with van der Waals surface area (Å²) in [5.74, 6) is 0.659. The fourth-order valence-corrected chi connectivity index (χ4v) is 2.26. The molecule has 0 amide bonds. The first-order chi connectivity index (χ1) is 7.74. The molecule has 0 spiro atoms. The second-order valence-electron chi connectivity index (χ2n) is 4.23. The van der Waals surface area contributed by atoms with Gasteiger partial charge in [0.05, 0.1) is 5.69 Å². The van der Waals surface area contributed by atoms with Crippen LogP contribution in [0, 0.1) is 5.92 Å². The lowest BCUT2D eigenvalue weighted by Gasteiger charge is -2.01. The van der Waals surface area contributed by atoms with Crippen LogP contribution in [0.2, 0.25) is 0 Å². The van der Waals surface area contributed by atoms with Crippen molar-refractivity contribution in [2.24, 2.45) is 5.92 Å². The van der Waals surface area contributed by atoms with E-state index >= 15 is 0 Å². The molecule has 0 aliphatic heterocycles. The number of para-hydroxylation sites is 1. The third kappa shape index (κ3) is 3.07. The van der Waals surface area contributed by atoms with E-state index in [9.17, 15) is 0 Å². The third-order valence-electron chi connectivity index (χ3n) is 2.19. The van der Waals surface area contributed by atoms with Gasteiger partial charge >= 0.3 is 0 Å². The molecule has 1 aromatic heterocycles. The van der Waals surface area contributed by atoms with Gasteiger partial charge in [-0.05, 0) is 24.5 Å². The SMILES string of the molecule is CC(C)Cc1csc(Nc2ccccc2)n1. The van der Waals surface area contributed by atoms with E-state index < -0.39 is 0 Å². The summed E-state index contributed by atoms with van der Waals surface area (Å²) in [6.07, 6.45) is 1.05. The van der Waals surface area contributed by atoms with Crippen LogP contribution < -0.4 is 5.32 Å². The Kier molecular flexibility index (Phi) is 3.57. The Balaban J connectivity index is 2.03. The summed E-state index contributed by atoms with van der Waals surface area (Å²) in [6, 6.07) is 10.1. The van der Waals surface area contributed by atoms with Gasteiger partial charge in [0.1, 0.15) is 0 Å². The van der Waals surface area contributed by atoms with E-state index in [0.717, 1.165) is 17.2 Å². The lowest BCUT2D eigenvalue weighted by atomic mass is 10.1. The topological polar surface area (TPSA) is 24.9 Å². The number of nitrogens with zero attached hydrogens (tertiary/aromatic N) is 1. The van der Waals surface area contributed by atoms with Crippen molar-refractivity contribution in [3.8, 4) is 0 Å². The molecule has 3 heteroatoms. The van der Waals surface area contributed by atoms with Crippen LogP contribution >= 0.6 is 11.3 Å². The zero-order valence-electron chi connectivity index (χ0n) is 9.60. The van der Waals surface area contributed by atoms with E-state index in [4.69, 9.17) is 0 Å². The molecule has 1 N–H and O–H groups in total. The fourth-order valence-electron chi connectivity index (χ4n) is 1.52. The van der Waals surface area contributed by atoms with Crippen LogP contribution in [0.4, 0.5) is 10.8 Å². The molecular weight excluding hydrogens is 216 g/mol. The zero-order chi connectivity index (χ0) is 11.4. The monoisotopic (exact) mass is 232 g/mol. The van der Waals surface area contributed by atoms with Gasteiger partial charge in [0.15, 0.2) is 5.13 Å². The number of rotatable bonds is 4. The molecule has 1 heterocycles. The van der Waals surface area contributed by atoms with Crippen LogP contribution in [0.5, 0.6) is 0 Å². The highest BCUT2D eigenvalue weighted by Gasteiger charge is 2.03. The maximum Gasteiger partial charge on any atom is 0.187 e. The third-order valence-corrected chi connectivity index (χ3v) is 3.00. The van der Waals surface area contributed by atoms with Gasteiger partial charge in [-0.15, -0.1) is 11.3 Å². The van der Waals surface area contributed by atoms with Crippen LogP contribution in [0.25, 0.3) is 0 Å². The number of aromatic nitrogens is 1. The van der Waals surface area contributed by atoms with E-state index in [1.54, 1.807) is 11.3 Å². The van der Waals surface area contributed by atoms with Gasteiger partial charge in [-0.1, -0.05) is 32.0 Å². The summed E-state index contributed by atoms with van der Waals surface area (Å²) in [6.45, 7) is 4.42. The Labute approximate surface area is 100 Å². The first kappa shape index (κ1) is 11.1. The number of nitrogens with one attached hydrogen (secondary N) is 1. The molecule has 0 aliphatic carbocycles. The van der Waals surface area contributed by atoms with Gasteiger partial charge in [0.25, 0.3) is 0 Å². The minimum absolute atomic E-state index is 0.659. The minimum atomic E-state index is 0.659. The van der Waals surface area contributed by atoms with Gasteiger partial charge in [-0.2, -0.15) is 0 Å². The average Bonchev–Trinajstić information content (AvgIpc) is 2.66. The van der Waals surface area contributed by atoms with E-state index in [1.165, 1.54) is 5.69 Å². The Hall–Kier alpha value is -1.35. The Morgan fingerprint density at radius 3 is 2.69 bits per heavy atom. The summed E-state index contributed by atoms with van der Waals surface area (Å²) in [5.41, 5.74) is 2.27. The van der Waals surface area contributed by atoms with Crippen LogP contribution in [0.1, 0.15) is 19.5 Å². The number of hydrogen-bond acceptors (Lipinski definition) is 3. The summed E-state index contributed by atoms with van der Waals surface area (Å²) in [5, 5.41) is 6.41. The van der Waals surface area contributed by atoms with Gasteiger partial charge in [-0.3, -0.25) is 0 Å². The van der Waals surface area contributed by atoms with E-state index in [1.807, 2.05) is 30.3 Å². The minimum Gasteiger partial charge on any atom is -0.332 e. The molecule has 0 saturated carbocycles. The van der Waals surface area contributed by atoms with Crippen molar-refractivity contribution in [2.45, 2.75) is 20.3 Å². The molecule has 2 rings (SSSR count). The molecule has 2 aromatic rings. The Bertz CT molecular complexity index is 434. The van der Waals surface area contributed by atoms with Crippen molar-refractivity contribution < 1.29 is 0 Å². The predicted molar refractivity (Wildman–Crippen MR) is 70.4 cm³/mol. The van der Waals surface area contributed by atoms with E-state index in [2.05, 4.69) is 29.5 Å². The zero-order valence-corrected chi connectivity index (χ0v) is 10.4. The standard InChI is InChI=1S/C13H16N2S/c1-10(2)8-12-9-16-13(15-12)14-11-6-4-3-5-7-11/h3-7,9-10H,8H2,1-2H3,(H,14,15). The first-order valence-electron chi connectivity index (χ1n) is 5.50. The lowest BCUT2D eigenvalue weighted by molar-refractivity contribution is 0.638. The Morgan fingerprint density at radius 2 is 2.00 bits per heavy atom. The molecule has 1 aromatic carbocycles.